The van der Waals surface area contributed by atoms with Crippen LogP contribution in [-0.2, 0) is 11.8 Å². The van der Waals surface area contributed by atoms with Gasteiger partial charge in [0.2, 0.25) is 5.91 Å². The first-order valence-electron chi connectivity index (χ1n) is 8.93. The molecule has 7 heteroatoms. The highest BCUT2D eigenvalue weighted by atomic mass is 16.2. The Morgan fingerprint density at radius 3 is 2.76 bits per heavy atom. The average molecular weight is 344 g/mol. The van der Waals surface area contributed by atoms with Crippen LogP contribution in [0.15, 0.2) is 6.07 Å². The molecule has 3 heterocycles. The third kappa shape index (κ3) is 3.61. The first kappa shape index (κ1) is 17.7. The van der Waals surface area contributed by atoms with E-state index in [0.717, 1.165) is 54.4 Å². The smallest absolute Gasteiger partial charge is 0.241 e. The molecule has 3 rings (SSSR count). The Labute approximate surface area is 148 Å². The molecule has 2 N–H and O–H groups in total. The van der Waals surface area contributed by atoms with E-state index in [4.69, 9.17) is 0 Å². The molecule has 7 nitrogen and oxygen atoms in total. The van der Waals surface area contributed by atoms with Gasteiger partial charge in [-0.05, 0) is 53.1 Å². The lowest BCUT2D eigenvalue weighted by Gasteiger charge is -2.35. The highest BCUT2D eigenvalue weighted by molar-refractivity contribution is 5.95. The Bertz CT molecular complexity index is 762. The number of aromatic amines is 1. The number of aromatic nitrogens is 4. The molecule has 2 aromatic rings. The van der Waals surface area contributed by atoms with E-state index < -0.39 is 0 Å². The largest absolute Gasteiger partial charge is 0.322 e. The lowest BCUT2D eigenvalue weighted by molar-refractivity contribution is -0.121. The van der Waals surface area contributed by atoms with Crippen LogP contribution in [0.2, 0.25) is 0 Å². The minimum atomic E-state index is -0.179. The van der Waals surface area contributed by atoms with Crippen LogP contribution in [0.25, 0.3) is 0 Å². The van der Waals surface area contributed by atoms with E-state index in [1.807, 2.05) is 34.7 Å². The second kappa shape index (κ2) is 7.00. The molecule has 2 aromatic heterocycles. The van der Waals surface area contributed by atoms with E-state index in [2.05, 4.69) is 31.6 Å². The maximum atomic E-state index is 12.8. The van der Waals surface area contributed by atoms with E-state index in [0.29, 0.717) is 5.92 Å². The van der Waals surface area contributed by atoms with Gasteiger partial charge in [0.15, 0.2) is 0 Å². The summed E-state index contributed by atoms with van der Waals surface area (Å²) in [4.78, 5) is 15.0. The summed E-state index contributed by atoms with van der Waals surface area (Å²) in [6.07, 6.45) is 2.20. The molecule has 1 fully saturated rings. The molecule has 2 atom stereocenters. The number of rotatable bonds is 4. The van der Waals surface area contributed by atoms with E-state index in [1.165, 1.54) is 0 Å². The fourth-order valence-electron chi connectivity index (χ4n) is 3.60. The van der Waals surface area contributed by atoms with Gasteiger partial charge in [0.1, 0.15) is 0 Å². The Balaban J connectivity index is 1.67. The predicted octanol–water partition coefficient (Wildman–Crippen LogP) is 2.28. The Morgan fingerprint density at radius 1 is 1.40 bits per heavy atom. The van der Waals surface area contributed by atoms with Gasteiger partial charge in [-0.1, -0.05) is 0 Å². The van der Waals surface area contributed by atoms with Crippen molar-refractivity contribution in [3.63, 3.8) is 0 Å². The van der Waals surface area contributed by atoms with Crippen molar-refractivity contribution in [1.82, 2.24) is 24.9 Å². The Morgan fingerprint density at radius 2 is 2.16 bits per heavy atom. The number of nitrogens with zero attached hydrogens (tertiary/aromatic N) is 4. The molecule has 0 radical (unpaired) electrons. The summed E-state index contributed by atoms with van der Waals surface area (Å²) in [7, 11) is 1.89. The summed E-state index contributed by atoms with van der Waals surface area (Å²) in [5.41, 5.74) is 4.84. The summed E-state index contributed by atoms with van der Waals surface area (Å²) in [5.74, 6) is 0.411. The van der Waals surface area contributed by atoms with Crippen molar-refractivity contribution in [2.24, 2.45) is 7.05 Å². The van der Waals surface area contributed by atoms with Gasteiger partial charge < -0.3 is 5.32 Å². The van der Waals surface area contributed by atoms with Gasteiger partial charge in [-0.2, -0.15) is 10.2 Å². The molecule has 136 valence electrons. The second-order valence-corrected chi connectivity index (χ2v) is 7.14. The predicted molar refractivity (Wildman–Crippen MR) is 97.6 cm³/mol. The number of amides is 1. The van der Waals surface area contributed by atoms with E-state index >= 15 is 0 Å². The second-order valence-electron chi connectivity index (χ2n) is 7.14. The van der Waals surface area contributed by atoms with Gasteiger partial charge >= 0.3 is 0 Å². The van der Waals surface area contributed by atoms with Gasteiger partial charge in [0.05, 0.1) is 28.8 Å². The SMILES string of the molecule is Cc1cc([C@@H]2CCCN([C@@H](C)C(=O)Nc3c(C)nn(C)c3C)C2)n[nH]1. The molecule has 0 saturated carbocycles. The topological polar surface area (TPSA) is 78.8 Å². The molecule has 0 bridgehead atoms. The van der Waals surface area contributed by atoms with Crippen molar-refractivity contribution < 1.29 is 4.79 Å². The molecule has 0 spiro atoms. The van der Waals surface area contributed by atoms with Gasteiger partial charge in [-0.25, -0.2) is 0 Å². The van der Waals surface area contributed by atoms with Gasteiger partial charge in [0.25, 0.3) is 0 Å². The lowest BCUT2D eigenvalue weighted by Crippen LogP contribution is -2.46. The quantitative estimate of drug-likeness (QED) is 0.892. The van der Waals surface area contributed by atoms with Gasteiger partial charge in [-0.3, -0.25) is 19.5 Å². The van der Waals surface area contributed by atoms with E-state index in [9.17, 15) is 4.79 Å². The van der Waals surface area contributed by atoms with Crippen molar-refractivity contribution in [3.05, 3.63) is 28.8 Å². The molecule has 1 amide bonds. The van der Waals surface area contributed by atoms with Gasteiger partial charge in [0, 0.05) is 25.2 Å². The third-order valence-electron chi connectivity index (χ3n) is 5.28. The maximum Gasteiger partial charge on any atom is 0.241 e. The number of carbonyl (C=O) groups is 1. The van der Waals surface area contributed by atoms with Crippen LogP contribution in [-0.4, -0.2) is 49.9 Å². The fraction of sp³-hybridized carbons (Fsp3) is 0.611. The summed E-state index contributed by atoms with van der Waals surface area (Å²) in [6.45, 7) is 9.70. The van der Waals surface area contributed by atoms with Crippen LogP contribution in [0.4, 0.5) is 5.69 Å². The molecule has 0 aromatic carbocycles. The number of hydrogen-bond acceptors (Lipinski definition) is 4. The minimum absolute atomic E-state index is 0.0260. The van der Waals surface area contributed by atoms with E-state index in [-0.39, 0.29) is 11.9 Å². The molecule has 25 heavy (non-hydrogen) atoms. The van der Waals surface area contributed by atoms with Crippen molar-refractivity contribution >= 4 is 11.6 Å². The summed E-state index contributed by atoms with van der Waals surface area (Å²) < 4.78 is 1.80. The molecular weight excluding hydrogens is 316 g/mol. The molecule has 1 saturated heterocycles. The molecule has 0 unspecified atom stereocenters. The third-order valence-corrected chi connectivity index (χ3v) is 5.28. The number of H-pyrrole nitrogens is 1. The molecule has 0 aliphatic carbocycles. The highest BCUT2D eigenvalue weighted by Crippen LogP contribution is 2.27. The first-order chi connectivity index (χ1) is 11.9. The molecular formula is C18H28N6O. The summed E-state index contributed by atoms with van der Waals surface area (Å²) in [5, 5.41) is 14.9. The zero-order valence-electron chi connectivity index (χ0n) is 15.8. The Kier molecular flexibility index (Phi) is 4.94. The summed E-state index contributed by atoms with van der Waals surface area (Å²) in [6, 6.07) is 1.93. The number of nitrogens with one attached hydrogen (secondary N) is 2. The highest BCUT2D eigenvalue weighted by Gasteiger charge is 2.29. The zero-order chi connectivity index (χ0) is 18.1. The number of piperidine rings is 1. The number of hydrogen-bond donors (Lipinski definition) is 2. The maximum absolute atomic E-state index is 12.8. The summed E-state index contributed by atoms with van der Waals surface area (Å²) >= 11 is 0. The minimum Gasteiger partial charge on any atom is -0.322 e. The first-order valence-corrected chi connectivity index (χ1v) is 8.93. The van der Waals surface area contributed by atoms with Crippen molar-refractivity contribution in [2.75, 3.05) is 18.4 Å². The lowest BCUT2D eigenvalue weighted by atomic mass is 9.93. The van der Waals surface area contributed by atoms with Crippen LogP contribution >= 0.6 is 0 Å². The van der Waals surface area contributed by atoms with Crippen molar-refractivity contribution in [2.45, 2.75) is 52.5 Å². The zero-order valence-corrected chi connectivity index (χ0v) is 15.8. The van der Waals surface area contributed by atoms with Gasteiger partial charge in [-0.15, -0.1) is 0 Å². The van der Waals surface area contributed by atoms with E-state index in [1.54, 1.807) is 4.68 Å². The number of aryl methyl sites for hydroxylation is 3. The molecule has 1 aliphatic rings. The number of anilines is 1. The van der Waals surface area contributed by atoms with Crippen LogP contribution in [0.3, 0.4) is 0 Å². The fourth-order valence-corrected chi connectivity index (χ4v) is 3.60. The average Bonchev–Trinajstić information content (AvgIpc) is 3.13. The van der Waals surface area contributed by atoms with Crippen LogP contribution in [0, 0.1) is 20.8 Å². The number of carbonyl (C=O) groups excluding carboxylic acids is 1. The molecule has 1 aliphatic heterocycles. The normalized spacial score (nSPS) is 19.8. The van der Waals surface area contributed by atoms with Crippen LogP contribution in [0.1, 0.15) is 48.5 Å². The Hall–Kier alpha value is -2.15. The van der Waals surface area contributed by atoms with Crippen molar-refractivity contribution in [1.29, 1.82) is 0 Å². The standard InChI is InChI=1S/C18H28N6O/c1-11-9-16(21-20-11)15-7-6-8-24(10-15)14(4)18(25)19-17-12(2)22-23(5)13(17)3/h9,14-15H,6-8,10H2,1-5H3,(H,19,25)(H,20,21)/t14-,15+/m0/s1. The van der Waals surface area contributed by atoms with Crippen molar-refractivity contribution in [3.8, 4) is 0 Å². The number of likely N-dealkylation sites (tertiary alicyclic amines) is 1. The monoisotopic (exact) mass is 344 g/mol. The van der Waals surface area contributed by atoms with Crippen LogP contribution < -0.4 is 5.32 Å². The van der Waals surface area contributed by atoms with Crippen LogP contribution in [0.5, 0.6) is 0 Å².